The van der Waals surface area contributed by atoms with Gasteiger partial charge in [0.2, 0.25) is 0 Å². The summed E-state index contributed by atoms with van der Waals surface area (Å²) in [6, 6.07) is 16.3. The fraction of sp³-hybridized carbons (Fsp3) is 0.138. The Kier molecular flexibility index (Phi) is 8.13. The van der Waals surface area contributed by atoms with Gasteiger partial charge in [0.15, 0.2) is 11.5 Å². The zero-order chi connectivity index (χ0) is 27.2. The topological polar surface area (TPSA) is 94.2 Å². The van der Waals surface area contributed by atoms with E-state index in [1.165, 1.54) is 20.3 Å². The minimum atomic E-state index is -0.836. The molecule has 0 saturated carbocycles. The van der Waals surface area contributed by atoms with Crippen molar-refractivity contribution >= 4 is 41.2 Å². The number of hydrogen-bond acceptors (Lipinski definition) is 6. The van der Waals surface area contributed by atoms with Crippen LogP contribution >= 0.6 is 11.6 Å². The lowest BCUT2D eigenvalue weighted by Gasteiger charge is -2.26. The monoisotopic (exact) mass is 532 g/mol. The van der Waals surface area contributed by atoms with Crippen LogP contribution in [0.4, 0.5) is 10.5 Å². The second-order valence-electron chi connectivity index (χ2n) is 8.28. The number of methoxy groups -OCH3 is 2. The van der Waals surface area contributed by atoms with Crippen molar-refractivity contribution in [2.24, 2.45) is 0 Å². The Morgan fingerprint density at radius 3 is 2.42 bits per heavy atom. The van der Waals surface area contributed by atoms with Crippen molar-refractivity contribution in [2.75, 3.05) is 19.1 Å². The summed E-state index contributed by atoms with van der Waals surface area (Å²) in [5.41, 5.74) is 2.21. The van der Waals surface area contributed by atoms with Gasteiger partial charge in [-0.3, -0.25) is 14.9 Å². The van der Waals surface area contributed by atoms with E-state index in [4.69, 9.17) is 25.8 Å². The molecule has 0 aliphatic carbocycles. The molecule has 1 aliphatic rings. The number of halogens is 1. The molecule has 0 atom stereocenters. The largest absolute Gasteiger partial charge is 0.497 e. The molecule has 0 bridgehead atoms. The van der Waals surface area contributed by atoms with Gasteiger partial charge in [-0.05, 0) is 72.2 Å². The molecule has 0 radical (unpaired) electrons. The molecule has 1 fully saturated rings. The lowest BCUT2D eigenvalue weighted by Crippen LogP contribution is -2.54. The quantitative estimate of drug-likeness (QED) is 0.227. The molecule has 0 aromatic heterocycles. The summed E-state index contributed by atoms with van der Waals surface area (Å²) in [4.78, 5) is 39.4. The van der Waals surface area contributed by atoms with E-state index in [2.05, 4.69) is 11.9 Å². The van der Waals surface area contributed by atoms with E-state index < -0.39 is 17.8 Å². The van der Waals surface area contributed by atoms with Gasteiger partial charge in [0.05, 0.1) is 19.9 Å². The Labute approximate surface area is 225 Å². The number of urea groups is 1. The van der Waals surface area contributed by atoms with Crippen molar-refractivity contribution in [3.63, 3.8) is 0 Å². The van der Waals surface area contributed by atoms with Gasteiger partial charge in [-0.1, -0.05) is 29.8 Å². The summed E-state index contributed by atoms with van der Waals surface area (Å²) in [5.74, 6) is -0.0799. The molecular weight excluding hydrogens is 508 g/mol. The van der Waals surface area contributed by atoms with Gasteiger partial charge in [-0.25, -0.2) is 9.69 Å². The highest BCUT2D eigenvalue weighted by Crippen LogP contribution is 2.35. The van der Waals surface area contributed by atoms with Crippen LogP contribution in [0.5, 0.6) is 17.2 Å². The number of rotatable bonds is 9. The Morgan fingerprint density at radius 1 is 1.00 bits per heavy atom. The average molecular weight is 533 g/mol. The van der Waals surface area contributed by atoms with Gasteiger partial charge >= 0.3 is 6.03 Å². The fourth-order valence-electron chi connectivity index (χ4n) is 3.96. The smallest absolute Gasteiger partial charge is 0.335 e. The number of nitrogens with zero attached hydrogens (tertiary/aromatic N) is 1. The lowest BCUT2D eigenvalue weighted by atomic mass is 10.0. The molecule has 8 nitrogen and oxygen atoms in total. The van der Waals surface area contributed by atoms with Crippen LogP contribution in [0.3, 0.4) is 0 Å². The molecule has 1 saturated heterocycles. The number of allylic oxidation sites excluding steroid dienone is 1. The zero-order valence-corrected chi connectivity index (χ0v) is 21.6. The molecule has 4 amide bonds. The summed E-state index contributed by atoms with van der Waals surface area (Å²) in [6.45, 7) is 4.07. The highest BCUT2D eigenvalue weighted by atomic mass is 35.5. The Balaban J connectivity index is 1.68. The molecular formula is C29H25ClN2O6. The van der Waals surface area contributed by atoms with Crippen LogP contribution < -0.4 is 24.4 Å². The van der Waals surface area contributed by atoms with Crippen molar-refractivity contribution < 1.29 is 28.6 Å². The fourth-order valence-corrected chi connectivity index (χ4v) is 4.17. The minimum Gasteiger partial charge on any atom is -0.497 e. The van der Waals surface area contributed by atoms with Gasteiger partial charge in [0.1, 0.15) is 17.9 Å². The number of nitrogens with one attached hydrogen (secondary N) is 1. The van der Waals surface area contributed by atoms with Crippen molar-refractivity contribution in [1.29, 1.82) is 0 Å². The molecule has 1 aliphatic heterocycles. The maximum absolute atomic E-state index is 13.3. The second-order valence-corrected chi connectivity index (χ2v) is 8.72. The SMILES string of the molecule is C=CCc1cc(/C=C2\C(=O)NC(=O)N(c3ccc(OC)cc3)C2=O)cc(OC)c1OCc1cccc(Cl)c1. The number of anilines is 1. The number of carbonyl (C=O) groups excluding carboxylic acids is 3. The zero-order valence-electron chi connectivity index (χ0n) is 20.8. The number of carbonyl (C=O) groups is 3. The number of ether oxygens (including phenoxy) is 3. The van der Waals surface area contributed by atoms with Gasteiger partial charge in [-0.15, -0.1) is 6.58 Å². The molecule has 9 heteroatoms. The van der Waals surface area contributed by atoms with Crippen molar-refractivity contribution in [3.8, 4) is 17.2 Å². The second kappa shape index (κ2) is 11.7. The number of benzene rings is 3. The van der Waals surface area contributed by atoms with Gasteiger partial charge in [-0.2, -0.15) is 0 Å². The normalized spacial score (nSPS) is 14.3. The summed E-state index contributed by atoms with van der Waals surface area (Å²) in [6.07, 6.45) is 3.56. The van der Waals surface area contributed by atoms with Crippen molar-refractivity contribution in [2.45, 2.75) is 13.0 Å². The number of hydrogen-bond donors (Lipinski definition) is 1. The van der Waals surface area contributed by atoms with E-state index in [-0.39, 0.29) is 12.2 Å². The average Bonchev–Trinajstić information content (AvgIpc) is 2.90. The maximum atomic E-state index is 13.3. The molecule has 1 N–H and O–H groups in total. The van der Waals surface area contributed by atoms with Gasteiger partial charge < -0.3 is 14.2 Å². The van der Waals surface area contributed by atoms with Crippen molar-refractivity contribution in [3.05, 3.63) is 101 Å². The first-order valence-corrected chi connectivity index (χ1v) is 12.0. The van der Waals surface area contributed by atoms with Gasteiger partial charge in [0, 0.05) is 10.6 Å². The predicted octanol–water partition coefficient (Wildman–Crippen LogP) is 5.33. The van der Waals surface area contributed by atoms with E-state index in [1.807, 2.05) is 18.2 Å². The van der Waals surface area contributed by atoms with E-state index in [9.17, 15) is 14.4 Å². The van der Waals surface area contributed by atoms with Crippen molar-refractivity contribution in [1.82, 2.24) is 5.32 Å². The summed E-state index contributed by atoms with van der Waals surface area (Å²) >= 11 is 6.08. The number of amides is 4. The van der Waals surface area contributed by atoms with E-state index >= 15 is 0 Å². The lowest BCUT2D eigenvalue weighted by molar-refractivity contribution is -0.122. The molecule has 3 aromatic carbocycles. The summed E-state index contributed by atoms with van der Waals surface area (Å²) in [5, 5.41) is 2.83. The molecule has 1 heterocycles. The first kappa shape index (κ1) is 26.5. The van der Waals surface area contributed by atoms with Crippen LogP contribution in [0.1, 0.15) is 16.7 Å². The van der Waals surface area contributed by atoms with Crippen LogP contribution in [-0.2, 0) is 22.6 Å². The third-order valence-electron chi connectivity index (χ3n) is 5.75. The molecule has 0 unspecified atom stereocenters. The summed E-state index contributed by atoms with van der Waals surface area (Å²) < 4.78 is 16.8. The first-order valence-electron chi connectivity index (χ1n) is 11.6. The van der Waals surface area contributed by atoms with E-state index in [0.717, 1.165) is 16.0 Å². The number of imide groups is 2. The molecule has 0 spiro atoms. The molecule has 194 valence electrons. The minimum absolute atomic E-state index is 0.209. The highest BCUT2D eigenvalue weighted by Gasteiger charge is 2.37. The maximum Gasteiger partial charge on any atom is 0.335 e. The van der Waals surface area contributed by atoms with Crippen LogP contribution in [-0.4, -0.2) is 32.1 Å². The van der Waals surface area contributed by atoms with Crippen LogP contribution in [0.15, 0.2) is 78.9 Å². The first-order chi connectivity index (χ1) is 18.3. The third kappa shape index (κ3) is 5.71. The van der Waals surface area contributed by atoms with Crippen LogP contribution in [0.25, 0.3) is 6.08 Å². The standard InChI is InChI=1S/C29H25ClN2O6/c1-4-6-20-13-19(16-25(37-3)26(20)38-17-18-7-5-8-21(30)14-18)15-24-27(33)31-29(35)32(28(24)34)22-9-11-23(36-2)12-10-22/h4-5,7-16H,1,6,17H2,2-3H3,(H,31,33,35)/b24-15+. The Bertz CT molecular complexity index is 1430. The van der Waals surface area contributed by atoms with Gasteiger partial charge in [0.25, 0.3) is 11.8 Å². The van der Waals surface area contributed by atoms with Crippen LogP contribution in [0, 0.1) is 0 Å². The van der Waals surface area contributed by atoms with E-state index in [0.29, 0.717) is 39.9 Å². The van der Waals surface area contributed by atoms with E-state index in [1.54, 1.807) is 48.5 Å². The Hall–Kier alpha value is -4.56. The molecule has 38 heavy (non-hydrogen) atoms. The highest BCUT2D eigenvalue weighted by molar-refractivity contribution is 6.39. The molecule has 4 rings (SSSR count). The van der Waals surface area contributed by atoms with Crippen LogP contribution in [0.2, 0.25) is 5.02 Å². The Morgan fingerprint density at radius 2 is 1.76 bits per heavy atom. The number of barbiturate groups is 1. The summed E-state index contributed by atoms with van der Waals surface area (Å²) in [7, 11) is 3.01. The molecule has 3 aromatic rings. The predicted molar refractivity (Wildman–Crippen MR) is 145 cm³/mol. The third-order valence-corrected chi connectivity index (χ3v) is 5.99.